The second-order valence-corrected chi connectivity index (χ2v) is 40.8. The predicted molar refractivity (Wildman–Crippen MR) is 511 cm³/mol. The fourth-order valence-electron chi connectivity index (χ4n) is 6.72. The molecule has 20 heteroatoms. The number of hydrogen-bond acceptors (Lipinski definition) is 12. The van der Waals surface area contributed by atoms with Crippen LogP contribution >= 0.6 is 68.4 Å². The van der Waals surface area contributed by atoms with Gasteiger partial charge in [0.2, 0.25) is 17.5 Å². The van der Waals surface area contributed by atoms with Crippen LogP contribution in [0.25, 0.3) is 36.5 Å². The average Bonchev–Trinajstić information content (AvgIpc) is 0.805. The summed E-state index contributed by atoms with van der Waals surface area (Å²) in [5, 5.41) is 8.27. The number of halogens is 4. The van der Waals surface area contributed by atoms with Crippen LogP contribution in [0.1, 0.15) is 75.4 Å². The molecule has 0 spiro atoms. The number of hydrogen-bond donors (Lipinski definition) is 2. The van der Waals surface area contributed by atoms with Crippen molar-refractivity contribution in [2.75, 3.05) is 18.2 Å². The summed E-state index contributed by atoms with van der Waals surface area (Å²) in [7, 11) is 4.69. The Labute approximate surface area is 719 Å². The molecule has 0 heterocycles. The van der Waals surface area contributed by atoms with Crippen LogP contribution in [0.5, 0.6) is 0 Å². The molecule has 11 nitrogen and oxygen atoms in total. The standard InChI is InChI=1S/C17H22OSi.C16H16O2S.C14H13ClO.C14H14O2.C14H14O.C11H10O.C3H9ClSi.C3H6O.C2H4OS.CH4.Cl2OS/c1-16(18-19(2,3)4)12-8-5-6-9-13-17-14-10-7-11-15-17;1-14(17)19-13-16(18)12-8-3-2-5-9-15-10-6-4-7-11-15;2*15-12-14(16)11-7-2-1-4-8-13-9-5-3-6-10-13;1-13(15)9-5-2-3-6-10-14-11-7-4-8-12-14;12-10-6-2-5-9-11-7-3-1-4-8-11;1-5(2,3)4;1-3(2)4;1-2(3)4;;1-4(2)3/h5-15H,1H2,2-4H3;2-12H,13H2,1H3;1-11H,12H2;1-11,15H,12H2;2-12H,1H3;1-10H;1-3H3;1-2H3;1H3,(H,3,4);1H4;/b6-5+,12-8+,13-9+;3-2+,9-5+,12-8+;2*2-1+,8-4+,11-7+;3-2+,9-5+,10-6+;6-2+,9-5+;;;;;. The first kappa shape index (κ1) is 114. The predicted octanol–water partition coefficient (Wildman–Crippen LogP) is 25.5. The van der Waals surface area contributed by atoms with E-state index in [1.807, 2.05) is 291 Å². The van der Waals surface area contributed by atoms with E-state index in [9.17, 15) is 38.4 Å². The van der Waals surface area contributed by atoms with E-state index in [0.29, 0.717) is 0 Å². The summed E-state index contributed by atoms with van der Waals surface area (Å²) in [6.07, 6.45) is 62.3. The van der Waals surface area contributed by atoms with Gasteiger partial charge in [-0.2, -0.15) is 11.1 Å². The van der Waals surface area contributed by atoms with Crippen LogP contribution in [0.3, 0.4) is 0 Å². The average molecular weight is 1720 g/mol. The van der Waals surface area contributed by atoms with Crippen molar-refractivity contribution in [1.82, 2.24) is 0 Å². The van der Waals surface area contributed by atoms with Crippen LogP contribution in [0.15, 0.2) is 364 Å². The molecule has 0 amide bonds. The third-order valence-electron chi connectivity index (χ3n) is 11.1. The molecule has 6 rings (SSSR count). The monoisotopic (exact) mass is 1720 g/mol. The molecule has 6 aromatic carbocycles. The lowest BCUT2D eigenvalue weighted by molar-refractivity contribution is -0.117. The van der Waals surface area contributed by atoms with Crippen molar-refractivity contribution in [3.05, 3.63) is 398 Å². The van der Waals surface area contributed by atoms with Gasteiger partial charge >= 0.3 is 0 Å². The van der Waals surface area contributed by atoms with E-state index in [0.717, 1.165) is 51.6 Å². The molecule has 612 valence electrons. The second kappa shape index (κ2) is 80.8. The number of aliphatic hydroxyl groups is 1. The number of thioether (sulfide) groups is 1. The van der Waals surface area contributed by atoms with Crippen molar-refractivity contribution in [3.63, 3.8) is 0 Å². The SMILES string of the molecule is C.C=C(/C=C/C=C/C=C/c1ccccc1)O[Si](C)(C)C.CC(=O)/C=C/C=C/C=C/c1ccccc1.CC(=O)S.CC(=O)SCC(=O)/C=C/C=C/C=C/c1ccccc1.CC(C)=O.C[Si](C)(C)Cl.O=C(/C=C/C=C/C=C/c1ccccc1)CCl.O=C(/C=C/C=C/C=C/c1ccccc1)CO.O=C/C=C/C=C/c1ccccc1.O=S(Cl)Cl. The first-order valence-electron chi connectivity index (χ1n) is 35.3. The fraction of sp³-hybridized carbons (Fsp3) is 0.158. The number of carbonyl (C=O) groups is 8. The zero-order valence-electron chi connectivity index (χ0n) is 66.7. The van der Waals surface area contributed by atoms with E-state index in [4.69, 9.17) is 36.4 Å². The van der Waals surface area contributed by atoms with Crippen molar-refractivity contribution < 1.29 is 52.1 Å². The Morgan fingerprint density at radius 3 is 0.852 bits per heavy atom. The molecule has 1 N–H and O–H groups in total. The molecule has 0 bridgehead atoms. The van der Waals surface area contributed by atoms with Crippen LogP contribution < -0.4 is 0 Å². The Bertz CT molecular complexity index is 4080. The van der Waals surface area contributed by atoms with Gasteiger partial charge in [-0.25, -0.2) is 4.21 Å². The van der Waals surface area contributed by atoms with Crippen LogP contribution in [-0.2, 0) is 52.0 Å². The van der Waals surface area contributed by atoms with Crippen LogP contribution in [0.2, 0.25) is 39.3 Å². The van der Waals surface area contributed by atoms with Gasteiger partial charge in [-0.05, 0) is 110 Å². The summed E-state index contributed by atoms with van der Waals surface area (Å²) in [6.45, 7) is 23.6. The van der Waals surface area contributed by atoms with Crippen molar-refractivity contribution >= 4 is 175 Å². The lowest BCUT2D eigenvalue weighted by atomic mass is 10.2. The summed E-state index contributed by atoms with van der Waals surface area (Å²) >= 11 is 15.4. The normalized spacial score (nSPS) is 11.3. The van der Waals surface area contributed by atoms with Crippen molar-refractivity contribution in [2.45, 2.75) is 81.3 Å². The quantitative estimate of drug-likeness (QED) is 0.00522. The summed E-state index contributed by atoms with van der Waals surface area (Å²) < 4.78 is 14.8. The van der Waals surface area contributed by atoms with Crippen LogP contribution in [-0.4, -0.2) is 88.7 Å². The number of rotatable bonds is 29. The Kier molecular flexibility index (Phi) is 79.9. The maximum Gasteiger partial charge on any atom is 0.242 e. The van der Waals surface area contributed by atoms with Gasteiger partial charge in [0.25, 0.3) is 0 Å². The minimum atomic E-state index is -1.67. The van der Waals surface area contributed by atoms with Crippen LogP contribution in [0, 0.1) is 0 Å². The van der Waals surface area contributed by atoms with E-state index in [1.165, 1.54) is 70.6 Å². The van der Waals surface area contributed by atoms with E-state index in [-0.39, 0.29) is 58.2 Å². The maximum atomic E-state index is 11.3. The van der Waals surface area contributed by atoms with E-state index in [1.54, 1.807) is 48.6 Å². The Morgan fingerprint density at radius 2 is 0.635 bits per heavy atom. The minimum absolute atomic E-state index is 0. The number of aliphatic hydroxyl groups excluding tert-OH is 1. The number of alkyl halides is 1. The number of thiol groups is 1. The number of Topliss-reactive ketones (excluding diaryl/α,β-unsaturated/α-hetero) is 1. The van der Waals surface area contributed by atoms with Gasteiger partial charge in [0.15, 0.2) is 33.4 Å². The van der Waals surface area contributed by atoms with Gasteiger partial charge in [-0.3, -0.25) is 33.6 Å². The molecule has 0 radical (unpaired) electrons. The number of benzene rings is 6. The zero-order valence-corrected chi connectivity index (χ0v) is 74.2. The Hall–Kier alpha value is -9.80. The lowest BCUT2D eigenvalue weighted by Gasteiger charge is -2.18. The number of ketones is 5. The van der Waals surface area contributed by atoms with Gasteiger partial charge < -0.3 is 14.3 Å². The molecule has 115 heavy (non-hydrogen) atoms. The molecule has 0 saturated carbocycles. The fourth-order valence-corrected chi connectivity index (χ4v) is 8.11. The summed E-state index contributed by atoms with van der Waals surface area (Å²) in [4.78, 5) is 82.6. The Morgan fingerprint density at radius 1 is 0.417 bits per heavy atom. The summed E-state index contributed by atoms with van der Waals surface area (Å²) in [5.74, 6) is 0.762. The smallest absolute Gasteiger partial charge is 0.242 e. The van der Waals surface area contributed by atoms with Gasteiger partial charge in [0.1, 0.15) is 26.1 Å². The van der Waals surface area contributed by atoms with E-state index in [2.05, 4.69) is 98.1 Å². The first-order chi connectivity index (χ1) is 54.2. The van der Waals surface area contributed by atoms with Gasteiger partial charge in [-0.15, -0.1) is 24.2 Å². The first-order valence-corrected chi connectivity index (χ1v) is 47.9. The molecule has 0 saturated heterocycles. The van der Waals surface area contributed by atoms with Crippen molar-refractivity contribution in [3.8, 4) is 0 Å². The molecule has 6 aromatic rings. The molecule has 0 unspecified atom stereocenters. The molecule has 0 fully saturated rings. The largest absolute Gasteiger partial charge is 0.545 e. The minimum Gasteiger partial charge on any atom is -0.545 e. The molecule has 0 aliphatic heterocycles. The molecule has 0 atom stereocenters. The zero-order chi connectivity index (χ0) is 86.2. The highest BCUT2D eigenvalue weighted by atomic mass is 36.0. The van der Waals surface area contributed by atoms with Gasteiger partial charge in [0, 0.05) is 35.2 Å². The topological polar surface area (TPSA) is 183 Å². The third-order valence-corrected chi connectivity index (χ3v) is 13.1. The van der Waals surface area contributed by atoms with Gasteiger partial charge in [0.05, 0.1) is 17.4 Å². The molecular weight excluding hydrogens is 1610 g/mol. The highest BCUT2D eigenvalue weighted by molar-refractivity contribution is 8.26. The second-order valence-electron chi connectivity index (χ2n) is 24.3. The van der Waals surface area contributed by atoms with Gasteiger partial charge in [-0.1, -0.05) is 398 Å². The molecular formula is C95H112Cl4O11S3Si2. The molecule has 0 aliphatic carbocycles. The van der Waals surface area contributed by atoms with Crippen molar-refractivity contribution in [2.24, 2.45) is 0 Å². The maximum absolute atomic E-state index is 11.3. The summed E-state index contributed by atoms with van der Waals surface area (Å²) in [6, 6.07) is 60.1. The van der Waals surface area contributed by atoms with E-state index >= 15 is 0 Å². The lowest BCUT2D eigenvalue weighted by Crippen LogP contribution is -2.23. The number of aldehydes is 1. The van der Waals surface area contributed by atoms with E-state index < -0.39 is 31.5 Å². The number of allylic oxidation sites excluding steroid dienone is 27. The molecule has 0 aliphatic rings. The summed E-state index contributed by atoms with van der Waals surface area (Å²) in [5.41, 5.74) is 6.90. The van der Waals surface area contributed by atoms with Crippen LogP contribution in [0.4, 0.5) is 0 Å². The highest BCUT2D eigenvalue weighted by Gasteiger charge is 2.15. The Balaban J connectivity index is -0.000000404. The highest BCUT2D eigenvalue weighted by Crippen LogP contribution is 2.11. The number of carbonyl (C=O) groups excluding carboxylic acids is 8. The van der Waals surface area contributed by atoms with Crippen molar-refractivity contribution in [1.29, 1.82) is 0 Å². The molecule has 0 aromatic heterocycles. The third kappa shape index (κ3) is 102.